The topological polar surface area (TPSA) is 46.3 Å². The van der Waals surface area contributed by atoms with Crippen molar-refractivity contribution in [3.8, 4) is 0 Å². The maximum absolute atomic E-state index is 12.7. The number of anilines is 1. The van der Waals surface area contributed by atoms with Gasteiger partial charge < -0.3 is 10.6 Å². The lowest BCUT2D eigenvalue weighted by Gasteiger charge is -2.35. The van der Waals surface area contributed by atoms with E-state index in [9.17, 15) is 4.79 Å². The molecule has 0 saturated heterocycles. The number of rotatable bonds is 2. The van der Waals surface area contributed by atoms with Gasteiger partial charge in [0.1, 0.15) is 0 Å². The van der Waals surface area contributed by atoms with Gasteiger partial charge in [-0.15, -0.1) is 0 Å². The highest BCUT2D eigenvalue weighted by atomic mass is 16.2. The summed E-state index contributed by atoms with van der Waals surface area (Å²) >= 11 is 0. The first kappa shape index (κ1) is 15.4. The molecule has 0 saturated carbocycles. The van der Waals surface area contributed by atoms with Crippen LogP contribution in [0.2, 0.25) is 0 Å². The van der Waals surface area contributed by atoms with E-state index >= 15 is 0 Å². The first-order valence-corrected chi connectivity index (χ1v) is 7.27. The zero-order chi connectivity index (χ0) is 15.8. The first-order chi connectivity index (χ1) is 9.71. The highest BCUT2D eigenvalue weighted by Gasteiger charge is 2.28. The second-order valence-corrected chi connectivity index (χ2v) is 6.74. The van der Waals surface area contributed by atoms with Gasteiger partial charge in [-0.1, -0.05) is 45.0 Å². The summed E-state index contributed by atoms with van der Waals surface area (Å²) in [7, 11) is 1.84. The molecular formula is C18H24N2O. The van der Waals surface area contributed by atoms with Crippen molar-refractivity contribution in [3.63, 3.8) is 0 Å². The van der Waals surface area contributed by atoms with Gasteiger partial charge in [-0.25, -0.2) is 0 Å². The van der Waals surface area contributed by atoms with E-state index in [2.05, 4.69) is 27.7 Å². The molecule has 1 atom stereocenters. The number of nitrogens with zero attached hydrogens (tertiary/aromatic N) is 1. The molecule has 0 aliphatic carbocycles. The summed E-state index contributed by atoms with van der Waals surface area (Å²) in [6.07, 6.45) is 0. The fraction of sp³-hybridized carbons (Fsp3) is 0.389. The summed E-state index contributed by atoms with van der Waals surface area (Å²) in [5.41, 5.74) is 7.22. The van der Waals surface area contributed by atoms with E-state index in [1.54, 1.807) is 4.90 Å². The van der Waals surface area contributed by atoms with Crippen LogP contribution in [0, 0.1) is 5.41 Å². The number of nitrogens with two attached hydrogens (primary N) is 1. The number of benzene rings is 2. The monoisotopic (exact) mass is 284 g/mol. The fourth-order valence-electron chi connectivity index (χ4n) is 2.39. The highest BCUT2D eigenvalue weighted by molar-refractivity contribution is 6.03. The summed E-state index contributed by atoms with van der Waals surface area (Å²) < 4.78 is 0. The van der Waals surface area contributed by atoms with Gasteiger partial charge in [0.25, 0.3) is 5.91 Å². The molecule has 3 heteroatoms. The Balaban J connectivity index is 2.41. The van der Waals surface area contributed by atoms with Gasteiger partial charge in [-0.2, -0.15) is 0 Å². The molecule has 112 valence electrons. The largest absolute Gasteiger partial charge is 0.398 e. The smallest absolute Gasteiger partial charge is 0.255 e. The van der Waals surface area contributed by atoms with Crippen LogP contribution in [-0.4, -0.2) is 23.9 Å². The lowest BCUT2D eigenvalue weighted by molar-refractivity contribution is 0.0630. The van der Waals surface area contributed by atoms with Crippen molar-refractivity contribution in [2.24, 2.45) is 5.41 Å². The van der Waals surface area contributed by atoms with Gasteiger partial charge in [0.05, 0.1) is 5.56 Å². The molecule has 0 fully saturated rings. The highest BCUT2D eigenvalue weighted by Crippen LogP contribution is 2.27. The van der Waals surface area contributed by atoms with Crippen LogP contribution >= 0.6 is 0 Å². The molecule has 0 bridgehead atoms. The predicted molar refractivity (Wildman–Crippen MR) is 89.4 cm³/mol. The molecule has 1 amide bonds. The molecule has 2 rings (SSSR count). The number of amides is 1. The molecular weight excluding hydrogens is 260 g/mol. The SMILES string of the molecule is CC(N(C)C(=O)c1cc2ccccc2cc1N)C(C)(C)C. The van der Waals surface area contributed by atoms with Crippen molar-refractivity contribution >= 4 is 22.4 Å². The maximum Gasteiger partial charge on any atom is 0.255 e. The van der Waals surface area contributed by atoms with E-state index in [0.29, 0.717) is 11.3 Å². The van der Waals surface area contributed by atoms with Crippen molar-refractivity contribution in [1.29, 1.82) is 0 Å². The van der Waals surface area contributed by atoms with Gasteiger partial charge in [0.2, 0.25) is 0 Å². The van der Waals surface area contributed by atoms with Gasteiger partial charge >= 0.3 is 0 Å². The standard InChI is InChI=1S/C18H24N2O/c1-12(18(2,3)4)20(5)17(21)15-10-13-8-6-7-9-14(13)11-16(15)19/h6-12H,19H2,1-5H3. The lowest BCUT2D eigenvalue weighted by Crippen LogP contribution is -2.43. The minimum Gasteiger partial charge on any atom is -0.398 e. The van der Waals surface area contributed by atoms with Crippen molar-refractivity contribution < 1.29 is 4.79 Å². The molecule has 2 aromatic carbocycles. The summed E-state index contributed by atoms with van der Waals surface area (Å²) in [6.45, 7) is 8.46. The van der Waals surface area contributed by atoms with Crippen LogP contribution in [0.3, 0.4) is 0 Å². The molecule has 0 aliphatic heterocycles. The van der Waals surface area contributed by atoms with Crippen molar-refractivity contribution in [2.75, 3.05) is 12.8 Å². The number of hydrogen-bond donors (Lipinski definition) is 1. The number of carbonyl (C=O) groups is 1. The minimum atomic E-state index is -0.0271. The van der Waals surface area contributed by atoms with E-state index in [1.807, 2.05) is 43.4 Å². The normalized spacial score (nSPS) is 13.2. The summed E-state index contributed by atoms with van der Waals surface area (Å²) in [5.74, 6) is -0.0271. The summed E-state index contributed by atoms with van der Waals surface area (Å²) in [6, 6.07) is 11.8. The van der Waals surface area contributed by atoms with E-state index < -0.39 is 0 Å². The molecule has 0 spiro atoms. The molecule has 2 N–H and O–H groups in total. The van der Waals surface area contributed by atoms with Gasteiger partial charge in [0.15, 0.2) is 0 Å². The number of fused-ring (bicyclic) bond motifs is 1. The second-order valence-electron chi connectivity index (χ2n) is 6.74. The Hall–Kier alpha value is -2.03. The van der Waals surface area contributed by atoms with Crippen LogP contribution in [-0.2, 0) is 0 Å². The van der Waals surface area contributed by atoms with Gasteiger partial charge in [0, 0.05) is 18.8 Å². The van der Waals surface area contributed by atoms with Crippen LogP contribution in [0.5, 0.6) is 0 Å². The van der Waals surface area contributed by atoms with Crippen molar-refractivity contribution in [3.05, 3.63) is 42.0 Å². The van der Waals surface area contributed by atoms with Crippen molar-refractivity contribution in [2.45, 2.75) is 33.7 Å². The predicted octanol–water partition coefficient (Wildman–Crippen LogP) is 3.93. The van der Waals surface area contributed by atoms with Crippen LogP contribution < -0.4 is 5.73 Å². The molecule has 0 radical (unpaired) electrons. The molecule has 1 unspecified atom stereocenters. The van der Waals surface area contributed by atoms with Crippen LogP contribution in [0.4, 0.5) is 5.69 Å². The zero-order valence-corrected chi connectivity index (χ0v) is 13.5. The number of carbonyl (C=O) groups excluding carboxylic acids is 1. The zero-order valence-electron chi connectivity index (χ0n) is 13.5. The Morgan fingerprint density at radius 3 is 2.19 bits per heavy atom. The molecule has 2 aromatic rings. The van der Waals surface area contributed by atoms with E-state index in [4.69, 9.17) is 5.73 Å². The lowest BCUT2D eigenvalue weighted by atomic mass is 9.87. The summed E-state index contributed by atoms with van der Waals surface area (Å²) in [4.78, 5) is 14.5. The third kappa shape index (κ3) is 3.02. The molecule has 21 heavy (non-hydrogen) atoms. The average Bonchev–Trinajstić information content (AvgIpc) is 2.43. The average molecular weight is 284 g/mol. The van der Waals surface area contributed by atoms with E-state index in [1.165, 1.54) is 0 Å². The Bertz CT molecular complexity index is 670. The first-order valence-electron chi connectivity index (χ1n) is 7.27. The van der Waals surface area contributed by atoms with E-state index in [-0.39, 0.29) is 17.4 Å². The van der Waals surface area contributed by atoms with Crippen molar-refractivity contribution in [1.82, 2.24) is 4.90 Å². The fourth-order valence-corrected chi connectivity index (χ4v) is 2.39. The molecule has 0 heterocycles. The third-order valence-corrected chi connectivity index (χ3v) is 4.30. The molecule has 0 aliphatic rings. The summed E-state index contributed by atoms with van der Waals surface area (Å²) in [5, 5.41) is 2.09. The van der Waals surface area contributed by atoms with Gasteiger partial charge in [-0.3, -0.25) is 4.79 Å². The Labute approximate surface area is 126 Å². The molecule has 3 nitrogen and oxygen atoms in total. The number of hydrogen-bond acceptors (Lipinski definition) is 2. The Kier molecular flexibility index (Phi) is 3.95. The van der Waals surface area contributed by atoms with Gasteiger partial charge in [-0.05, 0) is 35.2 Å². The van der Waals surface area contributed by atoms with Crippen LogP contribution in [0.1, 0.15) is 38.1 Å². The van der Waals surface area contributed by atoms with Crippen LogP contribution in [0.25, 0.3) is 10.8 Å². The minimum absolute atomic E-state index is 0.0238. The van der Waals surface area contributed by atoms with E-state index in [0.717, 1.165) is 10.8 Å². The maximum atomic E-state index is 12.7. The quantitative estimate of drug-likeness (QED) is 0.849. The molecule has 0 aromatic heterocycles. The Morgan fingerprint density at radius 2 is 1.67 bits per heavy atom. The number of nitrogen functional groups attached to an aromatic ring is 1. The second kappa shape index (κ2) is 5.40. The Morgan fingerprint density at radius 1 is 1.14 bits per heavy atom. The third-order valence-electron chi connectivity index (χ3n) is 4.30. The van der Waals surface area contributed by atoms with Crippen LogP contribution in [0.15, 0.2) is 36.4 Å².